The van der Waals surface area contributed by atoms with Crippen molar-refractivity contribution in [2.45, 2.75) is 43.4 Å². The Morgan fingerprint density at radius 2 is 2.38 bits per heavy atom. The summed E-state index contributed by atoms with van der Waals surface area (Å²) in [6, 6.07) is 0. The molecule has 0 aromatic heterocycles. The van der Waals surface area contributed by atoms with Crippen LogP contribution in [0.2, 0.25) is 0 Å². The van der Waals surface area contributed by atoms with Crippen LogP contribution in [0.1, 0.15) is 32.6 Å². The SMILES string of the molecule is CCCNC1(CO)CCC(SCCOC)C1. The molecule has 0 saturated heterocycles. The van der Waals surface area contributed by atoms with Gasteiger partial charge in [0.25, 0.3) is 0 Å². The summed E-state index contributed by atoms with van der Waals surface area (Å²) in [6.07, 6.45) is 4.54. The Balaban J connectivity index is 2.29. The second-order valence-electron chi connectivity index (χ2n) is 4.59. The maximum Gasteiger partial charge on any atom is 0.0613 e. The number of aliphatic hydroxyl groups excluding tert-OH is 1. The molecule has 2 atom stereocenters. The summed E-state index contributed by atoms with van der Waals surface area (Å²) in [7, 11) is 1.75. The summed E-state index contributed by atoms with van der Waals surface area (Å²) in [4.78, 5) is 0. The Labute approximate surface area is 103 Å². The lowest BCUT2D eigenvalue weighted by molar-refractivity contribution is 0.165. The third kappa shape index (κ3) is 4.24. The van der Waals surface area contributed by atoms with Gasteiger partial charge in [0.05, 0.1) is 13.2 Å². The van der Waals surface area contributed by atoms with Gasteiger partial charge in [-0.25, -0.2) is 0 Å². The molecule has 2 unspecified atom stereocenters. The lowest BCUT2D eigenvalue weighted by atomic mass is 9.99. The third-order valence-corrected chi connectivity index (χ3v) is 4.53. The molecule has 0 radical (unpaired) electrons. The van der Waals surface area contributed by atoms with E-state index in [2.05, 4.69) is 12.2 Å². The van der Waals surface area contributed by atoms with E-state index in [1.807, 2.05) is 11.8 Å². The van der Waals surface area contributed by atoms with Crippen molar-refractivity contribution in [1.82, 2.24) is 5.32 Å². The van der Waals surface area contributed by atoms with Crippen LogP contribution in [0.15, 0.2) is 0 Å². The number of nitrogens with one attached hydrogen (secondary N) is 1. The lowest BCUT2D eigenvalue weighted by Crippen LogP contribution is -2.46. The van der Waals surface area contributed by atoms with Crippen molar-refractivity contribution in [3.63, 3.8) is 0 Å². The van der Waals surface area contributed by atoms with Gasteiger partial charge in [0.15, 0.2) is 0 Å². The summed E-state index contributed by atoms with van der Waals surface area (Å²) in [5.41, 5.74) is 0.000743. The minimum Gasteiger partial charge on any atom is -0.394 e. The molecule has 0 amide bonds. The van der Waals surface area contributed by atoms with Gasteiger partial charge in [-0.05, 0) is 32.2 Å². The number of methoxy groups -OCH3 is 1. The largest absolute Gasteiger partial charge is 0.394 e. The van der Waals surface area contributed by atoms with Gasteiger partial charge in [-0.15, -0.1) is 0 Å². The first-order chi connectivity index (χ1) is 7.76. The van der Waals surface area contributed by atoms with E-state index in [0.29, 0.717) is 5.25 Å². The quantitative estimate of drug-likeness (QED) is 0.640. The lowest BCUT2D eigenvalue weighted by Gasteiger charge is -2.28. The van der Waals surface area contributed by atoms with Crippen LogP contribution < -0.4 is 5.32 Å². The predicted molar refractivity (Wildman–Crippen MR) is 70.1 cm³/mol. The molecule has 0 aromatic rings. The molecule has 0 aliphatic heterocycles. The van der Waals surface area contributed by atoms with E-state index in [4.69, 9.17) is 4.74 Å². The number of hydrogen-bond acceptors (Lipinski definition) is 4. The van der Waals surface area contributed by atoms with E-state index in [0.717, 1.165) is 38.2 Å². The van der Waals surface area contributed by atoms with Gasteiger partial charge >= 0.3 is 0 Å². The zero-order valence-corrected chi connectivity index (χ0v) is 11.3. The average molecular weight is 247 g/mol. The Kier molecular flexibility index (Phi) is 6.73. The molecule has 4 heteroatoms. The molecule has 96 valence electrons. The zero-order valence-electron chi connectivity index (χ0n) is 10.5. The third-order valence-electron chi connectivity index (χ3n) is 3.26. The minimum atomic E-state index is 0.000743. The highest BCUT2D eigenvalue weighted by atomic mass is 32.2. The Morgan fingerprint density at radius 3 is 3.00 bits per heavy atom. The van der Waals surface area contributed by atoms with E-state index in [-0.39, 0.29) is 12.1 Å². The van der Waals surface area contributed by atoms with E-state index in [1.54, 1.807) is 7.11 Å². The summed E-state index contributed by atoms with van der Waals surface area (Å²) >= 11 is 1.98. The Bertz CT molecular complexity index is 192. The normalized spacial score (nSPS) is 29.8. The number of hydrogen-bond donors (Lipinski definition) is 2. The first-order valence-corrected chi connectivity index (χ1v) is 7.27. The Hall–Kier alpha value is 0.230. The summed E-state index contributed by atoms with van der Waals surface area (Å²) in [6.45, 7) is 4.28. The molecule has 0 spiro atoms. The molecular weight excluding hydrogens is 222 g/mol. The topological polar surface area (TPSA) is 41.5 Å². The highest BCUT2D eigenvalue weighted by molar-refractivity contribution is 7.99. The van der Waals surface area contributed by atoms with Crippen LogP contribution in [0, 0.1) is 0 Å². The second-order valence-corrected chi connectivity index (χ2v) is 6.00. The monoisotopic (exact) mass is 247 g/mol. The van der Waals surface area contributed by atoms with Gasteiger partial charge in [0, 0.05) is 23.7 Å². The van der Waals surface area contributed by atoms with Crippen molar-refractivity contribution in [3.05, 3.63) is 0 Å². The summed E-state index contributed by atoms with van der Waals surface area (Å²) in [5.74, 6) is 1.07. The number of rotatable bonds is 8. The predicted octanol–water partition coefficient (Wildman–Crippen LogP) is 1.65. The highest BCUT2D eigenvalue weighted by Gasteiger charge is 2.37. The van der Waals surface area contributed by atoms with Crippen LogP contribution in [0.4, 0.5) is 0 Å². The van der Waals surface area contributed by atoms with Crippen LogP contribution in [0.25, 0.3) is 0 Å². The number of ether oxygens (including phenoxy) is 1. The molecule has 0 heterocycles. The van der Waals surface area contributed by atoms with Gasteiger partial charge in [-0.1, -0.05) is 6.92 Å². The molecule has 1 fully saturated rings. The van der Waals surface area contributed by atoms with Crippen LogP contribution in [-0.2, 0) is 4.74 Å². The van der Waals surface area contributed by atoms with Gasteiger partial charge in [-0.3, -0.25) is 0 Å². The van der Waals surface area contributed by atoms with Crippen LogP contribution in [0.5, 0.6) is 0 Å². The zero-order chi connectivity index (χ0) is 11.9. The van der Waals surface area contributed by atoms with Gasteiger partial charge in [0.2, 0.25) is 0 Å². The maximum atomic E-state index is 9.54. The van der Waals surface area contributed by atoms with E-state index >= 15 is 0 Å². The van der Waals surface area contributed by atoms with Crippen molar-refractivity contribution >= 4 is 11.8 Å². The van der Waals surface area contributed by atoms with E-state index in [1.165, 1.54) is 6.42 Å². The smallest absolute Gasteiger partial charge is 0.0613 e. The van der Waals surface area contributed by atoms with Crippen molar-refractivity contribution < 1.29 is 9.84 Å². The molecule has 1 saturated carbocycles. The molecule has 16 heavy (non-hydrogen) atoms. The molecule has 3 nitrogen and oxygen atoms in total. The maximum absolute atomic E-state index is 9.54. The molecule has 0 bridgehead atoms. The molecule has 1 rings (SSSR count). The Morgan fingerprint density at radius 1 is 1.56 bits per heavy atom. The van der Waals surface area contributed by atoms with E-state index in [9.17, 15) is 5.11 Å². The van der Waals surface area contributed by atoms with Gasteiger partial charge in [0.1, 0.15) is 0 Å². The van der Waals surface area contributed by atoms with Crippen molar-refractivity contribution in [3.8, 4) is 0 Å². The molecule has 2 N–H and O–H groups in total. The highest BCUT2D eigenvalue weighted by Crippen LogP contribution is 2.36. The van der Waals surface area contributed by atoms with Crippen molar-refractivity contribution in [1.29, 1.82) is 0 Å². The van der Waals surface area contributed by atoms with Crippen LogP contribution in [0.3, 0.4) is 0 Å². The molecular formula is C12H25NO2S. The van der Waals surface area contributed by atoms with Crippen LogP contribution >= 0.6 is 11.8 Å². The van der Waals surface area contributed by atoms with Crippen molar-refractivity contribution in [2.24, 2.45) is 0 Å². The average Bonchev–Trinajstić information content (AvgIpc) is 2.71. The molecule has 0 aromatic carbocycles. The minimum absolute atomic E-state index is 0.000743. The second kappa shape index (κ2) is 7.54. The standard InChI is InChI=1S/C12H25NO2S/c1-3-6-13-12(10-14)5-4-11(9-12)16-8-7-15-2/h11,13-14H,3-10H2,1-2H3. The summed E-state index contributed by atoms with van der Waals surface area (Å²) < 4.78 is 5.06. The fourth-order valence-electron chi connectivity index (χ4n) is 2.27. The first kappa shape index (κ1) is 14.3. The summed E-state index contributed by atoms with van der Waals surface area (Å²) in [5, 5.41) is 13.7. The van der Waals surface area contributed by atoms with Gasteiger partial charge < -0.3 is 15.2 Å². The fraction of sp³-hybridized carbons (Fsp3) is 1.00. The van der Waals surface area contributed by atoms with E-state index < -0.39 is 0 Å². The first-order valence-electron chi connectivity index (χ1n) is 6.23. The van der Waals surface area contributed by atoms with Crippen molar-refractivity contribution in [2.75, 3.05) is 32.6 Å². The molecule has 1 aliphatic rings. The number of aliphatic hydroxyl groups is 1. The van der Waals surface area contributed by atoms with Crippen LogP contribution in [-0.4, -0.2) is 48.5 Å². The molecule has 1 aliphatic carbocycles. The fourth-order valence-corrected chi connectivity index (χ4v) is 3.59. The number of thioether (sulfide) groups is 1. The van der Waals surface area contributed by atoms with Gasteiger partial charge in [-0.2, -0.15) is 11.8 Å².